The molecule has 1 fully saturated rings. The van der Waals surface area contributed by atoms with Crippen LogP contribution in [0.3, 0.4) is 0 Å². The van der Waals surface area contributed by atoms with Crippen LogP contribution in [0.25, 0.3) is 22.4 Å². The van der Waals surface area contributed by atoms with Gasteiger partial charge in [0, 0.05) is 22.7 Å². The molecule has 4 aromatic rings. The first kappa shape index (κ1) is 26.0. The summed E-state index contributed by atoms with van der Waals surface area (Å²) in [6, 6.07) is 9.30. The highest BCUT2D eigenvalue weighted by Crippen LogP contribution is 2.39. The maximum Gasteiger partial charge on any atom is 0.376 e. The van der Waals surface area contributed by atoms with Crippen molar-refractivity contribution in [1.29, 1.82) is 0 Å². The van der Waals surface area contributed by atoms with E-state index in [1.807, 2.05) is 16.7 Å². The van der Waals surface area contributed by atoms with Gasteiger partial charge in [-0.1, -0.05) is 30.9 Å². The zero-order valence-electron chi connectivity index (χ0n) is 21.1. The first-order valence-electron chi connectivity index (χ1n) is 12.5. The zero-order chi connectivity index (χ0) is 26.8. The molecule has 0 radical (unpaired) electrons. The molecule has 10 heteroatoms. The van der Waals surface area contributed by atoms with Crippen molar-refractivity contribution in [3.8, 4) is 17.1 Å². The van der Waals surface area contributed by atoms with Crippen molar-refractivity contribution >= 4 is 28.6 Å². The van der Waals surface area contributed by atoms with Crippen LogP contribution in [0.15, 0.2) is 42.6 Å². The maximum atomic E-state index is 14.5. The predicted octanol–water partition coefficient (Wildman–Crippen LogP) is 6.72. The fraction of sp³-hybridized carbons (Fsp3) is 0.357. The molecule has 0 saturated heterocycles. The fourth-order valence-corrected chi connectivity index (χ4v) is 5.26. The Kier molecular flexibility index (Phi) is 7.56. The van der Waals surface area contributed by atoms with Crippen LogP contribution in [-0.2, 0) is 4.74 Å². The van der Waals surface area contributed by atoms with E-state index in [-0.39, 0.29) is 24.4 Å². The van der Waals surface area contributed by atoms with Crippen LogP contribution in [0.5, 0.6) is 5.75 Å². The second kappa shape index (κ2) is 11.0. The van der Waals surface area contributed by atoms with Gasteiger partial charge in [0.15, 0.2) is 17.4 Å². The van der Waals surface area contributed by atoms with E-state index in [1.54, 1.807) is 19.1 Å². The average Bonchev–Trinajstić information content (AvgIpc) is 3.28. The van der Waals surface area contributed by atoms with Crippen LogP contribution < -0.4 is 4.74 Å². The molecule has 0 aliphatic heterocycles. The quantitative estimate of drug-likeness (QED) is 0.242. The summed E-state index contributed by atoms with van der Waals surface area (Å²) < 4.78 is 41.6. The number of imidazole rings is 1. The lowest BCUT2D eigenvalue weighted by Crippen LogP contribution is -2.28. The minimum absolute atomic E-state index is 0.0516. The summed E-state index contributed by atoms with van der Waals surface area (Å²) in [5.74, 6) is -1.35. The molecule has 1 aliphatic carbocycles. The van der Waals surface area contributed by atoms with E-state index in [4.69, 9.17) is 26.1 Å². The smallest absolute Gasteiger partial charge is 0.376 e. The van der Waals surface area contributed by atoms with Crippen molar-refractivity contribution in [3.63, 3.8) is 0 Å². The van der Waals surface area contributed by atoms with Gasteiger partial charge in [-0.3, -0.25) is 0 Å². The first-order chi connectivity index (χ1) is 18.4. The second-order valence-electron chi connectivity index (χ2n) is 9.48. The highest BCUT2D eigenvalue weighted by atomic mass is 35.5. The molecule has 1 atom stereocenters. The minimum atomic E-state index is -0.950. The van der Waals surface area contributed by atoms with Gasteiger partial charge >= 0.3 is 5.97 Å². The zero-order valence-corrected chi connectivity index (χ0v) is 21.8. The molecule has 2 heterocycles. The van der Waals surface area contributed by atoms with E-state index in [0.29, 0.717) is 33.3 Å². The Morgan fingerprint density at radius 3 is 2.50 bits per heavy atom. The lowest BCUT2D eigenvalue weighted by atomic mass is 9.83. The number of esters is 1. The summed E-state index contributed by atoms with van der Waals surface area (Å²) in [4.78, 5) is 24.8. The monoisotopic (exact) mass is 540 g/mol. The summed E-state index contributed by atoms with van der Waals surface area (Å²) in [5, 5.41) is 0.576. The van der Waals surface area contributed by atoms with Crippen LogP contribution in [0.4, 0.5) is 8.78 Å². The Bertz CT molecular complexity index is 1470. The van der Waals surface area contributed by atoms with Gasteiger partial charge in [0.1, 0.15) is 12.4 Å². The number of hydrogen-bond acceptors (Lipinski definition) is 6. The molecule has 2 aromatic carbocycles. The summed E-state index contributed by atoms with van der Waals surface area (Å²) in [6.07, 6.45) is 6.68. The first-order valence-corrected chi connectivity index (χ1v) is 12.9. The maximum absolute atomic E-state index is 14.5. The standard InChI is InChI=1S/C28H27ClF2N4O3/c1-16-25(14-32-26(33-16)28(36)37-2)38-15-24(17-6-4-3-5-7-17)35-23-13-21(31)20(30)12-22(23)34-27(35)18-8-10-19(29)11-9-18/h8-14,17,24H,3-7,15H2,1-2H3. The topological polar surface area (TPSA) is 79.1 Å². The molecule has 0 bridgehead atoms. The van der Waals surface area contributed by atoms with Gasteiger partial charge in [-0.15, -0.1) is 0 Å². The molecular weight excluding hydrogens is 514 g/mol. The van der Waals surface area contributed by atoms with Crippen molar-refractivity contribution < 1.29 is 23.0 Å². The third kappa shape index (κ3) is 5.20. The largest absolute Gasteiger partial charge is 0.488 e. The number of benzene rings is 2. The van der Waals surface area contributed by atoms with Crippen LogP contribution in [0.2, 0.25) is 5.02 Å². The van der Waals surface area contributed by atoms with Gasteiger partial charge in [-0.2, -0.15) is 0 Å². The summed E-state index contributed by atoms with van der Waals surface area (Å²) >= 11 is 6.13. The lowest BCUT2D eigenvalue weighted by Gasteiger charge is -2.32. The fourth-order valence-electron chi connectivity index (χ4n) is 5.13. The second-order valence-corrected chi connectivity index (χ2v) is 9.92. The number of fused-ring (bicyclic) bond motifs is 1. The van der Waals surface area contributed by atoms with E-state index in [1.165, 1.54) is 19.4 Å². The van der Waals surface area contributed by atoms with E-state index < -0.39 is 17.6 Å². The highest BCUT2D eigenvalue weighted by Gasteiger charge is 2.31. The normalized spacial score (nSPS) is 15.0. The van der Waals surface area contributed by atoms with E-state index in [0.717, 1.165) is 43.7 Å². The van der Waals surface area contributed by atoms with Gasteiger partial charge in [0.25, 0.3) is 0 Å². The van der Waals surface area contributed by atoms with Crippen molar-refractivity contribution in [2.45, 2.75) is 45.1 Å². The number of aryl methyl sites for hydroxylation is 1. The van der Waals surface area contributed by atoms with Crippen molar-refractivity contribution in [1.82, 2.24) is 19.5 Å². The molecule has 198 valence electrons. The van der Waals surface area contributed by atoms with Crippen molar-refractivity contribution in [2.75, 3.05) is 13.7 Å². The molecular formula is C28H27ClF2N4O3. The molecule has 38 heavy (non-hydrogen) atoms. The number of ether oxygens (including phenoxy) is 2. The molecule has 1 unspecified atom stereocenters. The molecule has 0 amide bonds. The third-order valence-electron chi connectivity index (χ3n) is 7.07. The number of rotatable bonds is 7. The SMILES string of the molecule is COC(=O)c1ncc(OCC(C2CCCCC2)n2c(-c3ccc(Cl)cc3)nc3cc(F)c(F)cc32)c(C)n1. The Hall–Kier alpha value is -3.59. The van der Waals surface area contributed by atoms with Crippen molar-refractivity contribution in [2.24, 2.45) is 5.92 Å². The van der Waals surface area contributed by atoms with Gasteiger partial charge in [-0.25, -0.2) is 28.5 Å². The van der Waals surface area contributed by atoms with Crippen LogP contribution >= 0.6 is 11.6 Å². The number of nitrogens with zero attached hydrogens (tertiary/aromatic N) is 4. The number of carbonyl (C=O) groups is 1. The Morgan fingerprint density at radius 2 is 1.82 bits per heavy atom. The molecule has 5 rings (SSSR count). The van der Waals surface area contributed by atoms with Gasteiger partial charge in [0.05, 0.1) is 36.1 Å². The van der Waals surface area contributed by atoms with Crippen molar-refractivity contribution in [3.05, 3.63) is 70.8 Å². The molecule has 1 saturated carbocycles. The minimum Gasteiger partial charge on any atom is -0.488 e. The van der Waals surface area contributed by atoms with Gasteiger partial charge < -0.3 is 14.0 Å². The van der Waals surface area contributed by atoms with Gasteiger partial charge in [-0.05, 0) is 49.9 Å². The van der Waals surface area contributed by atoms with Crippen LogP contribution in [0.1, 0.15) is 54.5 Å². The number of carbonyl (C=O) groups excluding carboxylic acids is 1. The summed E-state index contributed by atoms with van der Waals surface area (Å²) in [7, 11) is 1.27. The highest BCUT2D eigenvalue weighted by molar-refractivity contribution is 6.30. The van der Waals surface area contributed by atoms with E-state index >= 15 is 0 Å². The molecule has 2 aromatic heterocycles. The summed E-state index contributed by atoms with van der Waals surface area (Å²) in [5.41, 5.74) is 2.11. The number of halogens is 3. The Labute approximate surface area is 223 Å². The lowest BCUT2D eigenvalue weighted by molar-refractivity contribution is 0.0586. The van der Waals surface area contributed by atoms with Gasteiger partial charge in [0.2, 0.25) is 5.82 Å². The van der Waals surface area contributed by atoms with E-state index in [9.17, 15) is 13.6 Å². The Balaban J connectivity index is 1.59. The number of methoxy groups -OCH3 is 1. The molecule has 0 N–H and O–H groups in total. The number of aromatic nitrogens is 4. The van der Waals surface area contributed by atoms with E-state index in [2.05, 4.69) is 9.97 Å². The third-order valence-corrected chi connectivity index (χ3v) is 7.32. The summed E-state index contributed by atoms with van der Waals surface area (Å²) in [6.45, 7) is 1.94. The predicted molar refractivity (Wildman–Crippen MR) is 139 cm³/mol. The van der Waals surface area contributed by atoms with Crippen LogP contribution in [-0.4, -0.2) is 39.2 Å². The molecule has 1 aliphatic rings. The average molecular weight is 541 g/mol. The molecule has 7 nitrogen and oxygen atoms in total. The molecule has 0 spiro atoms. The Morgan fingerprint density at radius 1 is 1.11 bits per heavy atom. The number of hydrogen-bond donors (Lipinski definition) is 0. The van der Waals surface area contributed by atoms with Crippen LogP contribution in [0, 0.1) is 24.5 Å².